The fourth-order valence-electron chi connectivity index (χ4n) is 10.9. The molecule has 0 aliphatic carbocycles. The fourth-order valence-corrected chi connectivity index (χ4v) is 10.9. The van der Waals surface area contributed by atoms with E-state index in [1.165, 1.54) is 289 Å². The minimum Gasteiger partial charge on any atom is -0.466 e. The molecule has 0 rings (SSSR count). The number of aliphatic hydroxyl groups excluding tert-OH is 2. The minimum absolute atomic E-state index is 0.00900. The number of ether oxygens (including phenoxy) is 1. The Morgan fingerprint density at radius 2 is 0.633 bits per heavy atom. The van der Waals surface area contributed by atoms with Gasteiger partial charge in [0.25, 0.3) is 0 Å². The van der Waals surface area contributed by atoms with Crippen LogP contribution in [0.2, 0.25) is 0 Å². The molecule has 0 aromatic rings. The number of amides is 1. The highest BCUT2D eigenvalue weighted by Crippen LogP contribution is 2.18. The van der Waals surface area contributed by atoms with Gasteiger partial charge in [-0.05, 0) is 89.9 Å². The van der Waals surface area contributed by atoms with Crippen LogP contribution in [0.4, 0.5) is 0 Å². The van der Waals surface area contributed by atoms with Crippen molar-refractivity contribution in [2.45, 2.75) is 392 Å². The molecule has 0 heterocycles. The topological polar surface area (TPSA) is 95.9 Å². The number of esters is 1. The van der Waals surface area contributed by atoms with Crippen LogP contribution in [0.25, 0.3) is 0 Å². The maximum Gasteiger partial charge on any atom is 0.305 e. The summed E-state index contributed by atoms with van der Waals surface area (Å²) in [6.45, 7) is 4.93. The van der Waals surface area contributed by atoms with Crippen molar-refractivity contribution in [3.05, 3.63) is 48.6 Å². The number of allylic oxidation sites excluding steroid dienone is 8. The molecule has 0 aromatic heterocycles. The van der Waals surface area contributed by atoms with E-state index in [-0.39, 0.29) is 18.5 Å². The molecule has 2 unspecified atom stereocenters. The number of carbonyl (C=O) groups is 2. The largest absolute Gasteiger partial charge is 0.466 e. The van der Waals surface area contributed by atoms with Crippen molar-refractivity contribution in [2.75, 3.05) is 13.2 Å². The molecule has 6 nitrogen and oxygen atoms in total. The molecule has 3 N–H and O–H groups in total. The second-order valence-electron chi connectivity index (χ2n) is 24.2. The zero-order chi connectivity index (χ0) is 57.1. The molecule has 6 heteroatoms. The van der Waals surface area contributed by atoms with Crippen LogP contribution in [-0.4, -0.2) is 47.4 Å². The molecule has 1 amide bonds. The lowest BCUT2D eigenvalue weighted by atomic mass is 10.0. The van der Waals surface area contributed by atoms with Crippen LogP contribution in [0.1, 0.15) is 380 Å². The highest BCUT2D eigenvalue weighted by molar-refractivity contribution is 5.76. The third kappa shape index (κ3) is 64.8. The summed E-state index contributed by atoms with van der Waals surface area (Å²) < 4.78 is 5.50. The predicted molar refractivity (Wildman–Crippen MR) is 347 cm³/mol. The molecule has 0 radical (unpaired) electrons. The second-order valence-corrected chi connectivity index (χ2v) is 24.2. The Morgan fingerprint density at radius 3 is 0.987 bits per heavy atom. The summed E-state index contributed by atoms with van der Waals surface area (Å²) in [6.07, 6.45) is 88.9. The Bertz CT molecular complexity index is 1320. The molecule has 0 fully saturated rings. The molecule has 0 bridgehead atoms. The number of rotatable bonds is 66. The van der Waals surface area contributed by atoms with E-state index in [0.29, 0.717) is 25.9 Å². The van der Waals surface area contributed by atoms with Crippen LogP contribution in [-0.2, 0) is 14.3 Å². The monoisotopic (exact) mass is 1110 g/mol. The Balaban J connectivity index is 3.35. The minimum atomic E-state index is -0.661. The molecule has 2 atom stereocenters. The van der Waals surface area contributed by atoms with Crippen molar-refractivity contribution in [2.24, 2.45) is 0 Å². The lowest BCUT2D eigenvalue weighted by Crippen LogP contribution is -2.45. The first-order chi connectivity index (χ1) is 39.0. The van der Waals surface area contributed by atoms with Crippen molar-refractivity contribution in [1.29, 1.82) is 0 Å². The molecule has 0 aliphatic rings. The third-order valence-corrected chi connectivity index (χ3v) is 16.4. The summed E-state index contributed by atoms with van der Waals surface area (Å²) in [5.74, 6) is -0.0242. The number of nitrogens with one attached hydrogen (secondary N) is 1. The summed E-state index contributed by atoms with van der Waals surface area (Å²) in [4.78, 5) is 24.5. The van der Waals surface area contributed by atoms with Crippen LogP contribution in [0.3, 0.4) is 0 Å². The molecular formula is C73H137NO5. The average molecular weight is 1110 g/mol. The smallest absolute Gasteiger partial charge is 0.305 e. The number of aliphatic hydroxyl groups is 2. The summed E-state index contributed by atoms with van der Waals surface area (Å²) in [5, 5.41) is 23.2. The molecule has 0 spiro atoms. The highest BCUT2D eigenvalue weighted by atomic mass is 16.5. The van der Waals surface area contributed by atoms with Gasteiger partial charge in [-0.2, -0.15) is 0 Å². The third-order valence-electron chi connectivity index (χ3n) is 16.4. The van der Waals surface area contributed by atoms with Crippen molar-refractivity contribution < 1.29 is 24.5 Å². The standard InChI is InChI=1S/C73H137NO5/c1-3-5-7-9-11-13-15-16-17-37-41-44-47-51-55-59-63-67-73(78)79-68-64-60-56-52-48-45-42-39-36-34-32-30-28-26-24-22-20-18-19-21-23-25-27-29-31-33-35-38-40-43-46-50-54-58-62-66-72(77)74-70(69-75)71(76)65-61-57-53-49-14-12-10-8-6-4-2/h11,13,16-17,20,22,26,28,70-71,75-76H,3-10,12,14-15,18-19,21,23-25,27,29-69H2,1-2H3,(H,74,77)/b13-11-,17-16-,22-20-,28-26-. The molecule has 0 saturated carbocycles. The van der Waals surface area contributed by atoms with Crippen LogP contribution < -0.4 is 5.32 Å². The van der Waals surface area contributed by atoms with Gasteiger partial charge in [-0.3, -0.25) is 9.59 Å². The van der Waals surface area contributed by atoms with Gasteiger partial charge in [-0.25, -0.2) is 0 Å². The van der Waals surface area contributed by atoms with Gasteiger partial charge >= 0.3 is 5.97 Å². The Labute approximate surface area is 493 Å². The maximum absolute atomic E-state index is 12.4. The summed E-state index contributed by atoms with van der Waals surface area (Å²) >= 11 is 0. The Kier molecular flexibility index (Phi) is 66.4. The lowest BCUT2D eigenvalue weighted by Gasteiger charge is -2.22. The Hall–Kier alpha value is -2.18. The lowest BCUT2D eigenvalue weighted by molar-refractivity contribution is -0.143. The van der Waals surface area contributed by atoms with Gasteiger partial charge in [0.15, 0.2) is 0 Å². The van der Waals surface area contributed by atoms with E-state index in [1.54, 1.807) is 0 Å². The Morgan fingerprint density at radius 1 is 0.354 bits per heavy atom. The zero-order valence-corrected chi connectivity index (χ0v) is 53.1. The summed E-state index contributed by atoms with van der Waals surface area (Å²) in [7, 11) is 0. The quantitative estimate of drug-likeness (QED) is 0.0320. The second kappa shape index (κ2) is 68.3. The van der Waals surface area contributed by atoms with Crippen molar-refractivity contribution in [1.82, 2.24) is 5.32 Å². The predicted octanol–water partition coefficient (Wildman–Crippen LogP) is 22.9. The molecule has 464 valence electrons. The molecule has 0 aliphatic heterocycles. The normalized spacial score (nSPS) is 12.8. The SMILES string of the molecule is CCCCC/C=C\C/C=C\CCCCCCCCCC(=O)OCCCCCCCCCCCCC/C=C\C/C=C\CCCCCCCCCCCCCCCCCCCC(=O)NC(CO)C(O)CCCCCCCCCCCC. The van der Waals surface area contributed by atoms with Crippen LogP contribution in [0.15, 0.2) is 48.6 Å². The van der Waals surface area contributed by atoms with Gasteiger partial charge < -0.3 is 20.3 Å². The van der Waals surface area contributed by atoms with E-state index in [9.17, 15) is 19.8 Å². The van der Waals surface area contributed by atoms with E-state index in [2.05, 4.69) is 67.8 Å². The van der Waals surface area contributed by atoms with E-state index < -0.39 is 12.1 Å². The summed E-state index contributed by atoms with van der Waals surface area (Å²) in [6, 6.07) is -0.538. The average Bonchev–Trinajstić information content (AvgIpc) is 3.45. The number of hydrogen-bond acceptors (Lipinski definition) is 5. The van der Waals surface area contributed by atoms with Crippen molar-refractivity contribution in [3.8, 4) is 0 Å². The zero-order valence-electron chi connectivity index (χ0n) is 53.1. The highest BCUT2D eigenvalue weighted by Gasteiger charge is 2.20. The van der Waals surface area contributed by atoms with Crippen LogP contribution >= 0.6 is 0 Å². The molecule has 0 saturated heterocycles. The van der Waals surface area contributed by atoms with E-state index >= 15 is 0 Å². The maximum atomic E-state index is 12.4. The van der Waals surface area contributed by atoms with Crippen LogP contribution in [0, 0.1) is 0 Å². The summed E-state index contributed by atoms with van der Waals surface area (Å²) in [5.41, 5.74) is 0. The van der Waals surface area contributed by atoms with Crippen molar-refractivity contribution in [3.63, 3.8) is 0 Å². The number of carbonyl (C=O) groups excluding carboxylic acids is 2. The van der Waals surface area contributed by atoms with Gasteiger partial charge in [-0.1, -0.05) is 326 Å². The fraction of sp³-hybridized carbons (Fsp3) is 0.863. The van der Waals surface area contributed by atoms with E-state index in [4.69, 9.17) is 4.74 Å². The first-order valence-corrected chi connectivity index (χ1v) is 35.4. The van der Waals surface area contributed by atoms with Crippen LogP contribution in [0.5, 0.6) is 0 Å². The van der Waals surface area contributed by atoms with Gasteiger partial charge in [-0.15, -0.1) is 0 Å². The first-order valence-electron chi connectivity index (χ1n) is 35.4. The first kappa shape index (κ1) is 76.8. The molecule has 79 heavy (non-hydrogen) atoms. The number of hydrogen-bond donors (Lipinski definition) is 3. The number of unbranched alkanes of at least 4 members (excludes halogenated alkanes) is 47. The molecular weight excluding hydrogens is 971 g/mol. The van der Waals surface area contributed by atoms with Gasteiger partial charge in [0, 0.05) is 12.8 Å². The molecule has 0 aromatic carbocycles. The van der Waals surface area contributed by atoms with Gasteiger partial charge in [0.1, 0.15) is 0 Å². The van der Waals surface area contributed by atoms with E-state index in [0.717, 1.165) is 57.8 Å². The van der Waals surface area contributed by atoms with Gasteiger partial charge in [0.2, 0.25) is 5.91 Å². The van der Waals surface area contributed by atoms with E-state index in [1.807, 2.05) is 0 Å². The van der Waals surface area contributed by atoms with Crippen molar-refractivity contribution >= 4 is 11.9 Å². The van der Waals surface area contributed by atoms with Gasteiger partial charge in [0.05, 0.1) is 25.4 Å².